The van der Waals surface area contributed by atoms with E-state index >= 15 is 0 Å². The van der Waals surface area contributed by atoms with Crippen LogP contribution in [0.4, 0.5) is 14.5 Å². The fourth-order valence-electron chi connectivity index (χ4n) is 1.02. The molecule has 1 aromatic carbocycles. The van der Waals surface area contributed by atoms with E-state index in [-0.39, 0.29) is 5.56 Å². The lowest BCUT2D eigenvalue weighted by molar-refractivity contribution is -0.105. The lowest BCUT2D eigenvalue weighted by atomic mass is 10.1. The van der Waals surface area contributed by atoms with Gasteiger partial charge in [0.1, 0.15) is 0 Å². The van der Waals surface area contributed by atoms with Gasteiger partial charge in [0, 0.05) is 22.6 Å². The van der Waals surface area contributed by atoms with Crippen LogP contribution in [0.2, 0.25) is 0 Å². The maximum atomic E-state index is 13.0. The number of halogens is 3. The summed E-state index contributed by atoms with van der Waals surface area (Å²) in [6.07, 6.45) is 0.445. The van der Waals surface area contributed by atoms with Crippen LogP contribution in [0.25, 0.3) is 0 Å². The zero-order valence-corrected chi connectivity index (χ0v) is 8.94. The Hall–Kier alpha value is -0.970. The lowest BCUT2D eigenvalue weighted by Crippen LogP contribution is -2.08. The number of benzene rings is 1. The number of anilines is 1. The number of hydrogen-bond acceptors (Lipinski definition) is 1. The molecule has 0 radical (unpaired) electrons. The van der Waals surface area contributed by atoms with Gasteiger partial charge in [0.15, 0.2) is 0 Å². The monoisotopic (exact) mass is 263 g/mol. The predicted octanol–water partition coefficient (Wildman–Crippen LogP) is 3.13. The van der Waals surface area contributed by atoms with E-state index in [1.165, 1.54) is 18.2 Å². The highest BCUT2D eigenvalue weighted by atomic mass is 79.9. The van der Waals surface area contributed by atoms with Crippen LogP contribution in [0.15, 0.2) is 22.7 Å². The van der Waals surface area contributed by atoms with Gasteiger partial charge in [-0.2, -0.15) is 0 Å². The number of carbonyl (C=O) groups excluding carboxylic acids is 1. The fourth-order valence-corrected chi connectivity index (χ4v) is 1.61. The second kappa shape index (κ2) is 4.04. The molecule has 14 heavy (non-hydrogen) atoms. The van der Waals surface area contributed by atoms with Gasteiger partial charge in [-0.1, -0.05) is 15.9 Å². The topological polar surface area (TPSA) is 29.1 Å². The molecule has 0 fully saturated rings. The second-order valence-corrected chi connectivity index (χ2v) is 3.70. The average Bonchev–Trinajstić information content (AvgIpc) is 2.07. The van der Waals surface area contributed by atoms with E-state index in [4.69, 9.17) is 0 Å². The van der Waals surface area contributed by atoms with Crippen molar-refractivity contribution in [3.63, 3.8) is 0 Å². The molecule has 1 N–H and O–H groups in total. The van der Waals surface area contributed by atoms with Crippen LogP contribution in [-0.4, -0.2) is 6.41 Å². The first kappa shape index (κ1) is 11.1. The van der Waals surface area contributed by atoms with Crippen LogP contribution in [0.1, 0.15) is 12.5 Å². The number of carbonyl (C=O) groups is 1. The molecule has 76 valence electrons. The molecule has 0 aliphatic carbocycles. The molecule has 2 nitrogen and oxygen atoms in total. The molecule has 0 atom stereocenters. The summed E-state index contributed by atoms with van der Waals surface area (Å²) >= 11 is 3.02. The molecule has 1 amide bonds. The van der Waals surface area contributed by atoms with Crippen molar-refractivity contribution in [2.45, 2.75) is 12.8 Å². The first-order chi connectivity index (χ1) is 6.45. The molecule has 0 aromatic heterocycles. The minimum absolute atomic E-state index is 0.149. The van der Waals surface area contributed by atoms with E-state index in [2.05, 4.69) is 21.2 Å². The molecule has 0 heterocycles. The number of hydrogen-bond donors (Lipinski definition) is 1. The summed E-state index contributed by atoms with van der Waals surface area (Å²) in [6.45, 7) is 0.803. The Morgan fingerprint density at radius 3 is 2.64 bits per heavy atom. The SMILES string of the molecule is CC(F)(F)c1cc(NC=O)ccc1Br. The van der Waals surface area contributed by atoms with E-state index in [1.807, 2.05) is 0 Å². The van der Waals surface area contributed by atoms with Crippen LogP contribution < -0.4 is 5.32 Å². The summed E-state index contributed by atoms with van der Waals surface area (Å²) in [5.74, 6) is -2.93. The molecule has 1 aromatic rings. The highest BCUT2D eigenvalue weighted by Gasteiger charge is 2.27. The Labute approximate surface area is 88.4 Å². The molecule has 0 aliphatic rings. The normalized spacial score (nSPS) is 11.1. The van der Waals surface area contributed by atoms with Gasteiger partial charge in [0.05, 0.1) is 0 Å². The van der Waals surface area contributed by atoms with Crippen molar-refractivity contribution in [2.24, 2.45) is 0 Å². The zero-order valence-electron chi connectivity index (χ0n) is 7.35. The molecule has 0 aliphatic heterocycles. The number of nitrogens with one attached hydrogen (secondary N) is 1. The highest BCUT2D eigenvalue weighted by molar-refractivity contribution is 9.10. The second-order valence-electron chi connectivity index (χ2n) is 2.85. The average molecular weight is 264 g/mol. The Bertz CT molecular complexity index is 349. The van der Waals surface area contributed by atoms with Gasteiger partial charge in [0.2, 0.25) is 6.41 Å². The van der Waals surface area contributed by atoms with E-state index in [0.29, 0.717) is 16.6 Å². The van der Waals surface area contributed by atoms with Crippen molar-refractivity contribution in [3.05, 3.63) is 28.2 Å². The summed E-state index contributed by atoms with van der Waals surface area (Å²) in [6, 6.07) is 4.24. The van der Waals surface area contributed by atoms with Gasteiger partial charge in [-0.15, -0.1) is 0 Å². The van der Waals surface area contributed by atoms with Crippen LogP contribution in [0.3, 0.4) is 0 Å². The van der Waals surface area contributed by atoms with Crippen molar-refractivity contribution in [2.75, 3.05) is 5.32 Å². The fraction of sp³-hybridized carbons (Fsp3) is 0.222. The number of alkyl halides is 2. The first-order valence-corrected chi connectivity index (χ1v) is 4.62. The van der Waals surface area contributed by atoms with Gasteiger partial charge in [-0.25, -0.2) is 8.78 Å². The van der Waals surface area contributed by atoms with Crippen molar-refractivity contribution in [3.8, 4) is 0 Å². The Morgan fingerprint density at radius 2 is 2.14 bits per heavy atom. The van der Waals surface area contributed by atoms with Crippen LogP contribution in [0.5, 0.6) is 0 Å². The van der Waals surface area contributed by atoms with E-state index in [1.54, 1.807) is 0 Å². The minimum Gasteiger partial charge on any atom is -0.329 e. The molecule has 0 saturated carbocycles. The van der Waals surface area contributed by atoms with E-state index < -0.39 is 5.92 Å². The smallest absolute Gasteiger partial charge is 0.271 e. The molecule has 0 unspecified atom stereocenters. The van der Waals surface area contributed by atoms with Gasteiger partial charge in [-0.05, 0) is 18.2 Å². The lowest BCUT2D eigenvalue weighted by Gasteiger charge is -2.13. The Balaban J connectivity index is 3.15. The number of rotatable bonds is 3. The van der Waals surface area contributed by atoms with Crippen molar-refractivity contribution in [1.29, 1.82) is 0 Å². The third-order valence-electron chi connectivity index (χ3n) is 1.66. The van der Waals surface area contributed by atoms with Crippen LogP contribution in [-0.2, 0) is 10.7 Å². The summed E-state index contributed by atoms with van der Waals surface area (Å²) in [5, 5.41) is 2.31. The van der Waals surface area contributed by atoms with Gasteiger partial charge in [0.25, 0.3) is 5.92 Å². The van der Waals surface area contributed by atoms with Crippen LogP contribution >= 0.6 is 15.9 Å². The molecule has 0 bridgehead atoms. The molecular weight excluding hydrogens is 256 g/mol. The van der Waals surface area contributed by atoms with Gasteiger partial charge >= 0.3 is 0 Å². The summed E-state index contributed by atoms with van der Waals surface area (Å²) in [4.78, 5) is 10.1. The maximum absolute atomic E-state index is 13.0. The largest absolute Gasteiger partial charge is 0.329 e. The highest BCUT2D eigenvalue weighted by Crippen LogP contribution is 2.34. The van der Waals surface area contributed by atoms with E-state index in [9.17, 15) is 13.6 Å². The Kier molecular flexibility index (Phi) is 3.21. The van der Waals surface area contributed by atoms with Gasteiger partial charge in [-0.3, -0.25) is 4.79 Å². The van der Waals surface area contributed by atoms with E-state index in [0.717, 1.165) is 6.92 Å². The van der Waals surface area contributed by atoms with Crippen molar-refractivity contribution < 1.29 is 13.6 Å². The van der Waals surface area contributed by atoms with Gasteiger partial charge < -0.3 is 5.32 Å². The third-order valence-corrected chi connectivity index (χ3v) is 2.36. The first-order valence-electron chi connectivity index (χ1n) is 3.83. The molecule has 1 rings (SSSR count). The van der Waals surface area contributed by atoms with Crippen LogP contribution in [0, 0.1) is 0 Å². The minimum atomic E-state index is -2.93. The quantitative estimate of drug-likeness (QED) is 0.835. The van der Waals surface area contributed by atoms with Crippen molar-refractivity contribution >= 4 is 28.0 Å². The summed E-state index contributed by atoms with van der Waals surface area (Å²) in [7, 11) is 0. The molecule has 0 saturated heterocycles. The van der Waals surface area contributed by atoms with Crippen molar-refractivity contribution in [1.82, 2.24) is 0 Å². The maximum Gasteiger partial charge on any atom is 0.271 e. The zero-order chi connectivity index (χ0) is 10.8. The summed E-state index contributed by atoms with van der Waals surface area (Å²) in [5.41, 5.74) is 0.198. The molecule has 5 heteroatoms. The Morgan fingerprint density at radius 1 is 1.50 bits per heavy atom. The predicted molar refractivity (Wildman–Crippen MR) is 53.4 cm³/mol. The standard InChI is InChI=1S/C9H8BrF2NO/c1-9(11,12)7-4-6(13-5-14)2-3-8(7)10/h2-5H,1H3,(H,13,14). The number of amides is 1. The summed E-state index contributed by atoms with van der Waals surface area (Å²) < 4.78 is 26.3. The molecular formula is C9H8BrF2NO. The third kappa shape index (κ3) is 2.51. The molecule has 0 spiro atoms.